The number of methoxy groups -OCH3 is 2. The van der Waals surface area contributed by atoms with Gasteiger partial charge in [-0.25, -0.2) is 0 Å². The van der Waals surface area contributed by atoms with E-state index >= 15 is 0 Å². The Bertz CT molecular complexity index is 1450. The summed E-state index contributed by atoms with van der Waals surface area (Å²) in [5, 5.41) is 0.771. The van der Waals surface area contributed by atoms with Crippen molar-refractivity contribution in [2.45, 2.75) is 13.1 Å². The lowest BCUT2D eigenvalue weighted by Crippen LogP contribution is -2.32. The molecule has 1 amide bonds. The van der Waals surface area contributed by atoms with Gasteiger partial charge in [-0.2, -0.15) is 0 Å². The maximum absolute atomic E-state index is 13.5. The quantitative estimate of drug-likeness (QED) is 0.435. The maximum atomic E-state index is 13.5. The highest BCUT2D eigenvalue weighted by molar-refractivity contribution is 5.94. The molecule has 0 unspecified atom stereocenters. The lowest BCUT2D eigenvalue weighted by molar-refractivity contribution is 0.0729. The Morgan fingerprint density at radius 2 is 1.66 bits per heavy atom. The number of nitrogens with one attached hydrogen (secondary N) is 1. The van der Waals surface area contributed by atoms with Crippen LogP contribution in [0.3, 0.4) is 0 Å². The number of pyridine rings is 1. The van der Waals surface area contributed by atoms with E-state index in [-0.39, 0.29) is 31.3 Å². The van der Waals surface area contributed by atoms with Crippen LogP contribution in [0.1, 0.15) is 21.5 Å². The summed E-state index contributed by atoms with van der Waals surface area (Å²) in [6.07, 6.45) is 0. The average molecular weight is 472 g/mol. The fourth-order valence-electron chi connectivity index (χ4n) is 4.12. The predicted octanol–water partition coefficient (Wildman–Crippen LogP) is 4.12. The van der Waals surface area contributed by atoms with Gasteiger partial charge in [-0.05, 0) is 42.0 Å². The molecule has 0 bridgehead atoms. The lowest BCUT2D eigenvalue weighted by Gasteiger charge is -2.23. The molecule has 2 heterocycles. The molecule has 178 valence electrons. The summed E-state index contributed by atoms with van der Waals surface area (Å²) >= 11 is 0. The van der Waals surface area contributed by atoms with Gasteiger partial charge >= 0.3 is 0 Å². The zero-order valence-electron chi connectivity index (χ0n) is 19.4. The van der Waals surface area contributed by atoms with Crippen molar-refractivity contribution in [1.29, 1.82) is 0 Å². The second-order valence-corrected chi connectivity index (χ2v) is 8.13. The molecule has 1 aliphatic heterocycles. The summed E-state index contributed by atoms with van der Waals surface area (Å²) in [6, 6.07) is 19.9. The van der Waals surface area contributed by atoms with Crippen LogP contribution in [0.5, 0.6) is 23.0 Å². The summed E-state index contributed by atoms with van der Waals surface area (Å²) in [6.45, 7) is 0.571. The fraction of sp³-hybridized carbons (Fsp3) is 0.185. The van der Waals surface area contributed by atoms with Gasteiger partial charge in [0.1, 0.15) is 0 Å². The van der Waals surface area contributed by atoms with Crippen molar-refractivity contribution in [2.24, 2.45) is 0 Å². The van der Waals surface area contributed by atoms with E-state index in [1.807, 2.05) is 36.4 Å². The first-order valence-corrected chi connectivity index (χ1v) is 11.1. The number of amides is 1. The second-order valence-electron chi connectivity index (χ2n) is 8.13. The Kier molecular flexibility index (Phi) is 6.01. The number of carbonyl (C=O) groups is 1. The highest BCUT2D eigenvalue weighted by Gasteiger charge is 2.21. The van der Waals surface area contributed by atoms with Crippen molar-refractivity contribution in [3.63, 3.8) is 0 Å². The molecule has 0 spiro atoms. The molecule has 0 aliphatic carbocycles. The normalized spacial score (nSPS) is 11.9. The molecule has 0 fully saturated rings. The summed E-state index contributed by atoms with van der Waals surface area (Å²) in [7, 11) is 3.10. The third-order valence-corrected chi connectivity index (χ3v) is 5.90. The third kappa shape index (κ3) is 4.50. The third-order valence-electron chi connectivity index (χ3n) is 5.90. The fourth-order valence-corrected chi connectivity index (χ4v) is 4.12. The number of nitrogens with zero attached hydrogens (tertiary/aromatic N) is 1. The number of aromatic nitrogens is 1. The Labute approximate surface area is 201 Å². The number of aromatic amines is 1. The van der Waals surface area contributed by atoms with Crippen LogP contribution in [0.15, 0.2) is 71.5 Å². The number of hydrogen-bond donors (Lipinski definition) is 1. The number of H-pyrrole nitrogens is 1. The van der Waals surface area contributed by atoms with E-state index in [0.717, 1.165) is 10.9 Å². The van der Waals surface area contributed by atoms with Crippen molar-refractivity contribution in [3.8, 4) is 23.0 Å². The number of ether oxygens (including phenoxy) is 4. The molecule has 0 radical (unpaired) electrons. The number of fused-ring (bicyclic) bond motifs is 2. The van der Waals surface area contributed by atoms with E-state index in [0.29, 0.717) is 39.6 Å². The second kappa shape index (κ2) is 9.42. The summed E-state index contributed by atoms with van der Waals surface area (Å²) in [4.78, 5) is 31.0. The summed E-state index contributed by atoms with van der Waals surface area (Å²) < 4.78 is 21.6. The van der Waals surface area contributed by atoms with Gasteiger partial charge < -0.3 is 28.8 Å². The largest absolute Gasteiger partial charge is 0.493 e. The topological polar surface area (TPSA) is 90.1 Å². The molecule has 0 atom stereocenters. The maximum Gasteiger partial charge on any atom is 0.254 e. The van der Waals surface area contributed by atoms with Crippen molar-refractivity contribution in [3.05, 3.63) is 93.8 Å². The van der Waals surface area contributed by atoms with Gasteiger partial charge in [0.2, 0.25) is 6.79 Å². The molecule has 35 heavy (non-hydrogen) atoms. The highest BCUT2D eigenvalue weighted by Crippen LogP contribution is 2.33. The molecule has 3 aromatic carbocycles. The minimum absolute atomic E-state index is 0.113. The Balaban J connectivity index is 1.51. The zero-order valence-corrected chi connectivity index (χ0v) is 19.4. The zero-order chi connectivity index (χ0) is 24.4. The van der Waals surface area contributed by atoms with E-state index in [1.54, 1.807) is 49.5 Å². The van der Waals surface area contributed by atoms with Crippen molar-refractivity contribution in [1.82, 2.24) is 9.88 Å². The Morgan fingerprint density at radius 3 is 2.43 bits per heavy atom. The van der Waals surface area contributed by atoms with Crippen LogP contribution < -0.4 is 24.5 Å². The number of rotatable bonds is 7. The van der Waals surface area contributed by atoms with Gasteiger partial charge in [0.25, 0.3) is 11.5 Å². The van der Waals surface area contributed by atoms with Crippen LogP contribution in [0.4, 0.5) is 0 Å². The van der Waals surface area contributed by atoms with Crippen LogP contribution in [0, 0.1) is 0 Å². The van der Waals surface area contributed by atoms with Crippen LogP contribution in [-0.4, -0.2) is 36.8 Å². The summed E-state index contributed by atoms with van der Waals surface area (Å²) in [5.41, 5.74) is 2.20. The first kappa shape index (κ1) is 22.3. The Hall–Kier alpha value is -4.46. The minimum Gasteiger partial charge on any atom is -0.493 e. The van der Waals surface area contributed by atoms with E-state index in [1.165, 1.54) is 0 Å². The molecule has 8 nitrogen and oxygen atoms in total. The van der Waals surface area contributed by atoms with Gasteiger partial charge in [0.05, 0.1) is 26.3 Å². The van der Waals surface area contributed by atoms with Crippen molar-refractivity contribution >= 4 is 16.8 Å². The smallest absolute Gasteiger partial charge is 0.254 e. The van der Waals surface area contributed by atoms with Crippen molar-refractivity contribution in [2.75, 3.05) is 21.0 Å². The molecular formula is C27H24N2O6. The Morgan fingerprint density at radius 1 is 0.914 bits per heavy atom. The van der Waals surface area contributed by atoms with E-state index < -0.39 is 0 Å². The molecular weight excluding hydrogens is 448 g/mol. The van der Waals surface area contributed by atoms with Gasteiger partial charge in [0, 0.05) is 29.1 Å². The minimum atomic E-state index is -0.277. The molecule has 0 saturated carbocycles. The monoisotopic (exact) mass is 472 g/mol. The summed E-state index contributed by atoms with van der Waals surface area (Å²) in [5.74, 6) is 2.20. The predicted molar refractivity (Wildman–Crippen MR) is 130 cm³/mol. The number of carbonyl (C=O) groups excluding carboxylic acids is 1. The first-order valence-electron chi connectivity index (χ1n) is 11.1. The molecule has 1 N–H and O–H groups in total. The van der Waals surface area contributed by atoms with Gasteiger partial charge in [-0.3, -0.25) is 9.59 Å². The molecule has 4 aromatic rings. The molecule has 1 aliphatic rings. The van der Waals surface area contributed by atoms with Crippen LogP contribution in [0.2, 0.25) is 0 Å². The molecule has 0 saturated heterocycles. The van der Waals surface area contributed by atoms with Crippen molar-refractivity contribution < 1.29 is 23.7 Å². The molecule has 1 aromatic heterocycles. The lowest BCUT2D eigenvalue weighted by atomic mass is 10.1. The SMILES string of the molecule is COc1cc2cc(CN(Cc3ccc4c(c3)OCO4)C(=O)c3ccccc3)c(=O)[nH]c2cc1OC. The van der Waals surface area contributed by atoms with Gasteiger partial charge in [-0.1, -0.05) is 24.3 Å². The first-order chi connectivity index (χ1) is 17.1. The molecule has 5 rings (SSSR count). The van der Waals surface area contributed by atoms with Crippen LogP contribution in [-0.2, 0) is 13.1 Å². The van der Waals surface area contributed by atoms with Gasteiger partial charge in [0.15, 0.2) is 23.0 Å². The number of hydrogen-bond acceptors (Lipinski definition) is 6. The standard InChI is InChI=1S/C27H24N2O6/c1-32-23-12-19-11-20(26(30)28-21(19)13-24(23)33-2)15-29(27(31)18-6-4-3-5-7-18)14-17-8-9-22-25(10-17)35-16-34-22/h3-13H,14-16H2,1-2H3,(H,28,30). The average Bonchev–Trinajstić information content (AvgIpc) is 3.36. The number of benzene rings is 3. The van der Waals surface area contributed by atoms with Gasteiger partial charge in [-0.15, -0.1) is 0 Å². The highest BCUT2D eigenvalue weighted by atomic mass is 16.7. The van der Waals surface area contributed by atoms with E-state index in [2.05, 4.69) is 4.98 Å². The van der Waals surface area contributed by atoms with E-state index in [4.69, 9.17) is 18.9 Å². The van der Waals surface area contributed by atoms with Crippen LogP contribution in [0.25, 0.3) is 10.9 Å². The van der Waals surface area contributed by atoms with E-state index in [9.17, 15) is 9.59 Å². The molecule has 8 heteroatoms. The van der Waals surface area contributed by atoms with Crippen LogP contribution >= 0.6 is 0 Å².